The minimum atomic E-state index is -4.66. The van der Waals surface area contributed by atoms with Gasteiger partial charge in [-0.2, -0.15) is 18.3 Å². The van der Waals surface area contributed by atoms with Crippen LogP contribution in [0.25, 0.3) is 5.65 Å². The first-order chi connectivity index (χ1) is 23.2. The maximum absolute atomic E-state index is 15.9. The molecule has 3 aromatic heterocycles. The molecule has 3 aliphatic rings. The summed E-state index contributed by atoms with van der Waals surface area (Å²) in [5, 5.41) is 9.09. The van der Waals surface area contributed by atoms with Crippen LogP contribution >= 0.6 is 0 Å². The zero-order chi connectivity index (χ0) is 36.4. The molecular weight excluding hydrogens is 675 g/mol. The van der Waals surface area contributed by atoms with Gasteiger partial charge in [0.25, 0.3) is 11.8 Å². The van der Waals surface area contributed by atoms with Crippen molar-refractivity contribution in [3.63, 3.8) is 0 Å². The van der Waals surface area contributed by atoms with Crippen LogP contribution < -0.4 is 10.6 Å². The molecule has 50 heavy (non-hydrogen) atoms. The minimum Gasteiger partial charge on any atom is -0.376 e. The molecule has 0 radical (unpaired) electrons. The Hall–Kier alpha value is -3.70. The van der Waals surface area contributed by atoms with Crippen molar-refractivity contribution in [3.8, 4) is 0 Å². The average Bonchev–Trinajstić information content (AvgIpc) is 3.55. The number of halogens is 7. The van der Waals surface area contributed by atoms with Crippen LogP contribution in [0.3, 0.4) is 0 Å². The van der Waals surface area contributed by atoms with E-state index >= 15 is 8.78 Å². The molecule has 3 aromatic rings. The average molecular weight is 709 g/mol. The van der Waals surface area contributed by atoms with E-state index in [0.717, 1.165) is 24.0 Å². The number of fused-ring (bicyclic) bond motifs is 1. The second-order valence-electron chi connectivity index (χ2n) is 14.5. The van der Waals surface area contributed by atoms with Crippen molar-refractivity contribution in [2.24, 2.45) is 5.92 Å². The Morgan fingerprint density at radius 1 is 1.12 bits per heavy atom. The van der Waals surface area contributed by atoms with Crippen molar-refractivity contribution in [3.05, 3.63) is 47.2 Å². The first-order valence-corrected chi connectivity index (χ1v) is 16.3. The lowest BCUT2D eigenvalue weighted by Gasteiger charge is -2.57. The number of carbonyl (C=O) groups is 2. The molecule has 266 valence electrons. The molecule has 3 fully saturated rings. The van der Waals surface area contributed by atoms with Crippen molar-refractivity contribution < 1.29 is 49.6 Å². The number of alkyl halides is 7. The maximum Gasteiger partial charge on any atom is 0.393 e. The van der Waals surface area contributed by atoms with Crippen LogP contribution in [0.15, 0.2) is 29.2 Å². The highest BCUT2D eigenvalue weighted by Crippen LogP contribution is 2.45. The van der Waals surface area contributed by atoms with Crippen molar-refractivity contribution in [2.45, 2.75) is 91.8 Å². The fraction of sp³-hybridized carbons (Fsp3) is 0.607. The number of rotatable bonds is 10. The fourth-order valence-corrected chi connectivity index (χ4v) is 6.96. The molecule has 11 nitrogen and oxygen atoms in total. The molecule has 4 heterocycles. The van der Waals surface area contributed by atoms with E-state index in [-0.39, 0.29) is 36.9 Å². The molecule has 2 N–H and O–H groups in total. The SMILES string of the molecule is BC1(B)NC(=O)N([C@H](COC2CC2)c2cnn3cc([C@@H](NC(=O)c4nocc4CC(F)(F)F)C4CCC(F)(F)CC4)nc3c2)C(B)(B)C1(F)F. The lowest BCUT2D eigenvalue weighted by atomic mass is 9.43. The van der Waals surface area contributed by atoms with Gasteiger partial charge in [0.2, 0.25) is 5.92 Å². The summed E-state index contributed by atoms with van der Waals surface area (Å²) in [7, 11) is 5.07. The Kier molecular flexibility index (Phi) is 9.03. The zero-order valence-electron chi connectivity index (χ0n) is 27.8. The van der Waals surface area contributed by atoms with Gasteiger partial charge < -0.3 is 24.8 Å². The summed E-state index contributed by atoms with van der Waals surface area (Å²) in [5.74, 6) is -7.89. The van der Waals surface area contributed by atoms with Gasteiger partial charge in [0.1, 0.15) is 37.6 Å². The van der Waals surface area contributed by atoms with Gasteiger partial charge in [-0.15, -0.1) is 0 Å². The fourth-order valence-electron chi connectivity index (χ4n) is 6.96. The summed E-state index contributed by atoms with van der Waals surface area (Å²) in [6.45, 7) is -0.115. The van der Waals surface area contributed by atoms with Crippen LogP contribution in [0.4, 0.5) is 35.5 Å². The topological polar surface area (TPSA) is 127 Å². The molecule has 0 aromatic carbocycles. The van der Waals surface area contributed by atoms with Crippen LogP contribution in [0.2, 0.25) is 0 Å². The number of urea groups is 1. The van der Waals surface area contributed by atoms with E-state index in [1.807, 2.05) is 0 Å². The van der Waals surface area contributed by atoms with E-state index in [4.69, 9.17) is 4.74 Å². The summed E-state index contributed by atoms with van der Waals surface area (Å²) in [5.41, 5.74) is -0.418. The van der Waals surface area contributed by atoms with Gasteiger partial charge in [-0.3, -0.25) is 4.79 Å². The van der Waals surface area contributed by atoms with Crippen molar-refractivity contribution in [1.29, 1.82) is 0 Å². The third-order valence-corrected chi connectivity index (χ3v) is 9.95. The molecule has 1 saturated heterocycles. The van der Waals surface area contributed by atoms with Crippen LogP contribution in [0, 0.1) is 5.92 Å². The number of hydrogen-bond acceptors (Lipinski definition) is 7. The van der Waals surface area contributed by atoms with Gasteiger partial charge in [0.05, 0.1) is 49.3 Å². The van der Waals surface area contributed by atoms with Gasteiger partial charge >= 0.3 is 12.2 Å². The van der Waals surface area contributed by atoms with E-state index < -0.39 is 89.2 Å². The van der Waals surface area contributed by atoms with Crippen LogP contribution in [-0.2, 0) is 11.2 Å². The first-order valence-electron chi connectivity index (χ1n) is 16.3. The summed E-state index contributed by atoms with van der Waals surface area (Å²) >= 11 is 0. The predicted octanol–water partition coefficient (Wildman–Crippen LogP) is 0.839. The van der Waals surface area contributed by atoms with Crippen LogP contribution in [-0.4, -0.2) is 109 Å². The summed E-state index contributed by atoms with van der Waals surface area (Å²) < 4.78 is 111. The van der Waals surface area contributed by atoms with Crippen molar-refractivity contribution in [1.82, 2.24) is 35.3 Å². The van der Waals surface area contributed by atoms with Crippen LogP contribution in [0.1, 0.15) is 77.9 Å². The molecule has 6 rings (SSSR count). The summed E-state index contributed by atoms with van der Waals surface area (Å²) in [6, 6.07) is -1.26. The first kappa shape index (κ1) is 36.1. The highest BCUT2D eigenvalue weighted by atomic mass is 19.4. The molecule has 2 saturated carbocycles. The molecule has 22 heteroatoms. The molecule has 3 amide bonds. The Balaban J connectivity index is 1.35. The number of nitrogens with one attached hydrogen (secondary N) is 2. The zero-order valence-corrected chi connectivity index (χ0v) is 27.8. The Morgan fingerprint density at radius 3 is 2.44 bits per heavy atom. The molecule has 0 unspecified atom stereocenters. The van der Waals surface area contributed by atoms with Gasteiger partial charge in [0, 0.05) is 34.6 Å². The van der Waals surface area contributed by atoms with E-state index in [1.54, 1.807) is 0 Å². The largest absolute Gasteiger partial charge is 0.393 e. The predicted molar refractivity (Wildman–Crippen MR) is 173 cm³/mol. The van der Waals surface area contributed by atoms with E-state index in [2.05, 4.69) is 30.4 Å². The van der Waals surface area contributed by atoms with Crippen LogP contribution in [0.5, 0.6) is 0 Å². The lowest BCUT2D eigenvalue weighted by Crippen LogP contribution is -2.83. The highest BCUT2D eigenvalue weighted by Gasteiger charge is 2.65. The Labute approximate surface area is 285 Å². The highest BCUT2D eigenvalue weighted by molar-refractivity contribution is 6.48. The van der Waals surface area contributed by atoms with Crippen molar-refractivity contribution >= 4 is 49.0 Å². The number of nitrogens with zero attached hydrogens (tertiary/aromatic N) is 5. The lowest BCUT2D eigenvalue weighted by molar-refractivity contribution is -0.127. The molecular formula is C28H34B4F7N7O4. The molecule has 2 aliphatic carbocycles. The quantitative estimate of drug-likeness (QED) is 0.236. The normalized spacial score (nSPS) is 22.9. The third kappa shape index (κ3) is 6.95. The second kappa shape index (κ2) is 12.5. The van der Waals surface area contributed by atoms with Crippen molar-refractivity contribution in [2.75, 3.05) is 6.61 Å². The number of ether oxygens (including phenoxy) is 1. The third-order valence-electron chi connectivity index (χ3n) is 9.95. The number of aromatic nitrogens is 4. The summed E-state index contributed by atoms with van der Waals surface area (Å²) in [4.78, 5) is 32.5. The number of imidazole rings is 1. The van der Waals surface area contributed by atoms with E-state index in [0.29, 0.717) is 5.56 Å². The summed E-state index contributed by atoms with van der Waals surface area (Å²) in [6.07, 6.45) is -2.06. The minimum absolute atomic E-state index is 0.0248. The van der Waals surface area contributed by atoms with Gasteiger partial charge in [-0.1, -0.05) is 5.16 Å². The maximum atomic E-state index is 15.9. The number of carbonyl (C=O) groups excluding carboxylic acids is 2. The Bertz CT molecular complexity index is 1760. The number of amides is 3. The molecule has 2 atom stereocenters. The molecule has 0 spiro atoms. The van der Waals surface area contributed by atoms with E-state index in [1.165, 1.54) is 54.4 Å². The smallest absolute Gasteiger partial charge is 0.376 e. The number of hydrogen-bond donors (Lipinski definition) is 2. The van der Waals surface area contributed by atoms with Gasteiger partial charge in [-0.05, 0) is 37.7 Å². The van der Waals surface area contributed by atoms with E-state index in [9.17, 15) is 31.5 Å². The monoisotopic (exact) mass is 709 g/mol. The molecule has 0 bridgehead atoms. The second-order valence-corrected chi connectivity index (χ2v) is 14.5. The van der Waals surface area contributed by atoms with Gasteiger partial charge in [0.15, 0.2) is 11.3 Å². The standard InChI is InChI=1S/C28H34B4F7N7O4/c29-27(30)26(38,39)28(31,32)46(23(48)43-27)18(12-49-16-1-2-16)14-7-19-41-17(10-45(19)40-9-14)20(13-3-5-24(33,34)6-4-13)42-22(47)21-15(11-50-44-21)8-25(35,36)37/h7,9-11,13,16,18,20H,1-6,8,12,29-32H2,(H,42,47)(H,43,48)/t18-,20+/m1/s1. The molecule has 1 aliphatic heterocycles. The van der Waals surface area contributed by atoms with Gasteiger partial charge in [-0.25, -0.2) is 31.9 Å². The Morgan fingerprint density at radius 2 is 1.80 bits per heavy atom.